The molecule has 0 heteroatoms. The Morgan fingerprint density at radius 2 is 1.38 bits per heavy atom. The molecule has 0 saturated carbocycles. The van der Waals surface area contributed by atoms with Crippen LogP contribution >= 0.6 is 0 Å². The van der Waals surface area contributed by atoms with Gasteiger partial charge in [-0.15, -0.1) is 0 Å². The lowest BCUT2D eigenvalue weighted by molar-refractivity contribution is 0.841. The molecule has 4 rings (SSSR count). The molecule has 0 aromatic heterocycles. The fourth-order valence-corrected chi connectivity index (χ4v) is 5.90. The minimum absolute atomic E-state index is 0.0853. The van der Waals surface area contributed by atoms with E-state index in [2.05, 4.69) is 138 Å². The van der Waals surface area contributed by atoms with Crippen molar-refractivity contribution in [1.82, 2.24) is 0 Å². The summed E-state index contributed by atoms with van der Waals surface area (Å²) in [6.45, 7) is 20.5. The summed E-state index contributed by atoms with van der Waals surface area (Å²) in [5.41, 5.74) is 11.7. The fourth-order valence-electron chi connectivity index (χ4n) is 5.90. The van der Waals surface area contributed by atoms with E-state index in [1.54, 1.807) is 0 Å². The lowest BCUT2D eigenvalue weighted by Gasteiger charge is -2.25. The zero-order valence-electron chi connectivity index (χ0n) is 24.7. The average Bonchev–Trinajstić information content (AvgIpc) is 2.99. The number of rotatable bonds is 13. The molecule has 4 aromatic carbocycles. The summed E-state index contributed by atoms with van der Waals surface area (Å²) >= 11 is 0. The topological polar surface area (TPSA) is 0 Å². The highest BCUT2D eigenvalue weighted by atomic mass is 14.3. The molecule has 0 aliphatic heterocycles. The molecule has 0 N–H and O–H groups in total. The molecule has 0 bridgehead atoms. The summed E-state index contributed by atoms with van der Waals surface area (Å²) in [4.78, 5) is 0. The molecule has 204 valence electrons. The van der Waals surface area contributed by atoms with E-state index in [4.69, 9.17) is 0 Å². The molecular formula is C40H44. The van der Waals surface area contributed by atoms with E-state index in [-0.39, 0.29) is 5.92 Å². The van der Waals surface area contributed by atoms with Crippen molar-refractivity contribution in [2.75, 3.05) is 0 Å². The van der Waals surface area contributed by atoms with Crippen LogP contribution in [0, 0.1) is 0 Å². The van der Waals surface area contributed by atoms with Gasteiger partial charge in [0.25, 0.3) is 0 Å². The maximum atomic E-state index is 4.67. The summed E-state index contributed by atoms with van der Waals surface area (Å²) in [6.07, 6.45) is 10.3. The van der Waals surface area contributed by atoms with E-state index in [1.165, 1.54) is 55.3 Å². The molecule has 0 aliphatic carbocycles. The Bertz CT molecular complexity index is 1480. The molecular weight excluding hydrogens is 480 g/mol. The molecule has 0 saturated heterocycles. The summed E-state index contributed by atoms with van der Waals surface area (Å²) in [5, 5.41) is 2.56. The summed E-state index contributed by atoms with van der Waals surface area (Å²) in [5.74, 6) is 0.0853. The van der Waals surface area contributed by atoms with Gasteiger partial charge in [-0.3, -0.25) is 0 Å². The summed E-state index contributed by atoms with van der Waals surface area (Å²) in [6, 6.07) is 30.5. The smallest absolute Gasteiger partial charge is 0.0296 e. The van der Waals surface area contributed by atoms with Gasteiger partial charge >= 0.3 is 0 Å². The first kappa shape index (κ1) is 29.1. The van der Waals surface area contributed by atoms with E-state index in [0.717, 1.165) is 44.1 Å². The second kappa shape index (κ2) is 13.9. The number of fused-ring (bicyclic) bond motifs is 1. The molecule has 40 heavy (non-hydrogen) atoms. The Labute approximate surface area is 242 Å². The van der Waals surface area contributed by atoms with E-state index in [1.807, 2.05) is 0 Å². The van der Waals surface area contributed by atoms with Crippen LogP contribution in [0.2, 0.25) is 0 Å². The molecule has 0 fully saturated rings. The zero-order valence-corrected chi connectivity index (χ0v) is 24.7. The maximum Gasteiger partial charge on any atom is 0.0296 e. The number of hydrogen-bond donors (Lipinski definition) is 0. The molecule has 0 heterocycles. The quantitative estimate of drug-likeness (QED) is 0.153. The van der Waals surface area contributed by atoms with Crippen LogP contribution in [0.15, 0.2) is 122 Å². The number of aryl methyl sites for hydroxylation is 2. The van der Waals surface area contributed by atoms with Gasteiger partial charge in [-0.2, -0.15) is 0 Å². The third kappa shape index (κ3) is 6.80. The van der Waals surface area contributed by atoms with Crippen LogP contribution in [-0.4, -0.2) is 0 Å². The highest BCUT2D eigenvalue weighted by molar-refractivity contribution is 5.90. The van der Waals surface area contributed by atoms with Gasteiger partial charge in [-0.25, -0.2) is 0 Å². The highest BCUT2D eigenvalue weighted by Crippen LogP contribution is 2.39. The van der Waals surface area contributed by atoms with Gasteiger partial charge in [0.1, 0.15) is 0 Å². The van der Waals surface area contributed by atoms with Gasteiger partial charge in [0.15, 0.2) is 0 Å². The van der Waals surface area contributed by atoms with E-state index in [9.17, 15) is 0 Å². The minimum Gasteiger partial charge on any atom is -0.0995 e. The molecule has 0 spiro atoms. The number of benzene rings is 4. The van der Waals surface area contributed by atoms with Crippen molar-refractivity contribution in [3.8, 4) is 0 Å². The normalized spacial score (nSPS) is 12.1. The Hall–Kier alpha value is -3.90. The Kier molecular flexibility index (Phi) is 10.1. The van der Waals surface area contributed by atoms with Crippen LogP contribution in [0.1, 0.15) is 79.3 Å². The van der Waals surface area contributed by atoms with Crippen molar-refractivity contribution in [3.63, 3.8) is 0 Å². The Morgan fingerprint density at radius 3 is 2.05 bits per heavy atom. The maximum absolute atomic E-state index is 4.67. The average molecular weight is 525 g/mol. The van der Waals surface area contributed by atoms with Crippen LogP contribution in [0.25, 0.3) is 22.4 Å². The first-order valence-electron chi connectivity index (χ1n) is 14.8. The first-order valence-corrected chi connectivity index (χ1v) is 14.8. The minimum atomic E-state index is 0.0853. The lowest BCUT2D eigenvalue weighted by Crippen LogP contribution is -2.07. The van der Waals surface area contributed by atoms with Crippen molar-refractivity contribution in [3.05, 3.63) is 155 Å². The van der Waals surface area contributed by atoms with Gasteiger partial charge in [-0.1, -0.05) is 149 Å². The van der Waals surface area contributed by atoms with Crippen LogP contribution in [0.3, 0.4) is 0 Å². The Balaban J connectivity index is 1.49. The lowest BCUT2D eigenvalue weighted by atomic mass is 9.79. The second-order valence-electron chi connectivity index (χ2n) is 10.8. The second-order valence-corrected chi connectivity index (χ2v) is 10.8. The fraction of sp³-hybridized carbons (Fsp3) is 0.250. The van der Waals surface area contributed by atoms with Gasteiger partial charge < -0.3 is 0 Å². The van der Waals surface area contributed by atoms with Crippen molar-refractivity contribution < 1.29 is 0 Å². The van der Waals surface area contributed by atoms with Crippen molar-refractivity contribution in [1.29, 1.82) is 0 Å². The van der Waals surface area contributed by atoms with E-state index in [0.29, 0.717) is 0 Å². The van der Waals surface area contributed by atoms with Crippen molar-refractivity contribution in [2.24, 2.45) is 0 Å². The van der Waals surface area contributed by atoms with Crippen LogP contribution in [-0.2, 0) is 19.3 Å². The standard InChI is InChI=1S/C40H44/c1-7-32-27-37(28-33(8-2)38(32)9-3)31(6)40(36-19-11-10-12-20-36)30(5)26-25-29(4)17-15-21-35-23-16-22-34-18-13-14-24-39(34)35/h10-16,18-24,27-28,40H,4-9,17,25-26H2,1-3H3/b21-15+. The van der Waals surface area contributed by atoms with Crippen LogP contribution in [0.4, 0.5) is 0 Å². The first-order chi connectivity index (χ1) is 19.5. The predicted octanol–water partition coefficient (Wildman–Crippen LogP) is 11.3. The van der Waals surface area contributed by atoms with E-state index >= 15 is 0 Å². The zero-order chi connectivity index (χ0) is 28.5. The molecule has 0 amide bonds. The SMILES string of the molecule is C=C(C/C=C/c1cccc2ccccc12)CCC(=C)C(C(=C)c1cc(CC)c(CC)c(CC)c1)c1ccccc1. The van der Waals surface area contributed by atoms with Gasteiger partial charge in [0.05, 0.1) is 0 Å². The monoisotopic (exact) mass is 524 g/mol. The van der Waals surface area contributed by atoms with Gasteiger partial charge in [-0.05, 0) is 88.3 Å². The van der Waals surface area contributed by atoms with Crippen molar-refractivity contribution >= 4 is 22.4 Å². The number of allylic oxidation sites excluding steroid dienone is 4. The van der Waals surface area contributed by atoms with Gasteiger partial charge in [0, 0.05) is 5.92 Å². The van der Waals surface area contributed by atoms with Gasteiger partial charge in [0.2, 0.25) is 0 Å². The van der Waals surface area contributed by atoms with Crippen LogP contribution < -0.4 is 0 Å². The molecule has 4 aromatic rings. The van der Waals surface area contributed by atoms with E-state index < -0.39 is 0 Å². The third-order valence-corrected chi connectivity index (χ3v) is 8.14. The third-order valence-electron chi connectivity index (χ3n) is 8.14. The summed E-state index contributed by atoms with van der Waals surface area (Å²) < 4.78 is 0. The van der Waals surface area contributed by atoms with Crippen molar-refractivity contribution in [2.45, 2.75) is 65.2 Å². The molecule has 1 unspecified atom stereocenters. The highest BCUT2D eigenvalue weighted by Gasteiger charge is 2.21. The molecule has 0 nitrogen and oxygen atoms in total. The Morgan fingerprint density at radius 1 is 0.725 bits per heavy atom. The van der Waals surface area contributed by atoms with Crippen LogP contribution in [0.5, 0.6) is 0 Å². The molecule has 0 aliphatic rings. The predicted molar refractivity (Wildman–Crippen MR) is 178 cm³/mol. The summed E-state index contributed by atoms with van der Waals surface area (Å²) in [7, 11) is 0. The molecule has 1 atom stereocenters. The number of hydrogen-bond acceptors (Lipinski definition) is 0. The molecule has 0 radical (unpaired) electrons. The largest absolute Gasteiger partial charge is 0.0995 e.